The third kappa shape index (κ3) is 4.58. The summed E-state index contributed by atoms with van der Waals surface area (Å²) in [5, 5.41) is 10.8. The van der Waals surface area contributed by atoms with E-state index in [2.05, 4.69) is 38.7 Å². The number of pyridine rings is 1. The molecule has 6 rings (SSSR count). The van der Waals surface area contributed by atoms with Gasteiger partial charge in [0.15, 0.2) is 0 Å². The summed E-state index contributed by atoms with van der Waals surface area (Å²) in [7, 11) is 0. The molecule has 1 fully saturated rings. The number of halogens is 1. The first kappa shape index (κ1) is 24.4. The number of imidazole rings is 1. The molecule has 0 spiro atoms. The summed E-state index contributed by atoms with van der Waals surface area (Å²) in [5.41, 5.74) is 5.18. The number of para-hydroxylation sites is 1. The van der Waals surface area contributed by atoms with Crippen molar-refractivity contribution in [2.24, 2.45) is 11.3 Å². The average molecular weight is 568 g/mol. The molecular formula is C31H26BrN3O3. The van der Waals surface area contributed by atoms with Crippen LogP contribution in [0.3, 0.4) is 0 Å². The number of aromatic nitrogens is 3. The number of hydrogen-bond acceptors (Lipinski definition) is 4. The Morgan fingerprint density at radius 3 is 2.58 bits per heavy atom. The van der Waals surface area contributed by atoms with E-state index >= 15 is 0 Å². The Labute approximate surface area is 228 Å². The van der Waals surface area contributed by atoms with Crippen LogP contribution in [0.5, 0.6) is 5.75 Å². The van der Waals surface area contributed by atoms with Crippen LogP contribution < -0.4 is 4.74 Å². The molecule has 2 heterocycles. The van der Waals surface area contributed by atoms with Crippen LogP contribution >= 0.6 is 15.9 Å². The molecule has 2 aromatic heterocycles. The highest BCUT2D eigenvalue weighted by atomic mass is 79.9. The van der Waals surface area contributed by atoms with Crippen LogP contribution in [0.15, 0.2) is 88.9 Å². The highest BCUT2D eigenvalue weighted by Crippen LogP contribution is 2.58. The van der Waals surface area contributed by atoms with Crippen LogP contribution in [0.1, 0.15) is 30.9 Å². The zero-order chi connectivity index (χ0) is 26.4. The molecule has 0 bridgehead atoms. The fraction of sp³-hybridized carbons (Fsp3) is 0.194. The van der Waals surface area contributed by atoms with Gasteiger partial charge in [0.05, 0.1) is 28.2 Å². The smallest absolute Gasteiger partial charge is 0.311 e. The van der Waals surface area contributed by atoms with E-state index in [1.165, 1.54) is 0 Å². The number of aliphatic carboxylic acids is 1. The van der Waals surface area contributed by atoms with E-state index < -0.39 is 11.9 Å². The summed E-state index contributed by atoms with van der Waals surface area (Å²) in [6.07, 6.45) is 1.94. The third-order valence-electron chi connectivity index (χ3n) is 7.27. The predicted octanol–water partition coefficient (Wildman–Crippen LogP) is 7.10. The molecule has 5 aromatic rings. The number of carbonyl (C=O) groups is 1. The predicted molar refractivity (Wildman–Crippen MR) is 152 cm³/mol. The number of ether oxygens (including phenoxy) is 1. The van der Waals surface area contributed by atoms with E-state index in [0.717, 1.165) is 49.1 Å². The summed E-state index contributed by atoms with van der Waals surface area (Å²) in [6.45, 7) is 4.89. The molecule has 1 saturated carbocycles. The maximum atomic E-state index is 11.8. The minimum absolute atomic E-state index is 0.349. The van der Waals surface area contributed by atoms with Crippen molar-refractivity contribution in [3.63, 3.8) is 0 Å². The second kappa shape index (κ2) is 9.40. The summed E-state index contributed by atoms with van der Waals surface area (Å²) < 4.78 is 9.25. The molecule has 6 nitrogen and oxygen atoms in total. The van der Waals surface area contributed by atoms with Crippen molar-refractivity contribution in [2.45, 2.75) is 27.0 Å². The molecule has 190 valence electrons. The summed E-state index contributed by atoms with van der Waals surface area (Å²) in [4.78, 5) is 21.4. The van der Waals surface area contributed by atoms with E-state index in [-0.39, 0.29) is 5.41 Å². The minimum atomic E-state index is -0.796. The van der Waals surface area contributed by atoms with E-state index in [9.17, 15) is 9.90 Å². The molecule has 1 atom stereocenters. The number of nitrogens with zero attached hydrogens (tertiary/aromatic N) is 3. The van der Waals surface area contributed by atoms with Crippen molar-refractivity contribution in [1.29, 1.82) is 0 Å². The largest absolute Gasteiger partial charge is 0.487 e. The molecule has 1 aliphatic rings. The SMILES string of the molecule is CC1(C)C(=Cc2nc3cc(OCc4ccc5ccccc5n4)ccc3n2Cc2ccc(Br)cc2)C1C(=O)O. The van der Waals surface area contributed by atoms with Gasteiger partial charge in [-0.05, 0) is 53.6 Å². The highest BCUT2D eigenvalue weighted by Gasteiger charge is 2.57. The van der Waals surface area contributed by atoms with Gasteiger partial charge < -0.3 is 14.4 Å². The van der Waals surface area contributed by atoms with Gasteiger partial charge in [0, 0.05) is 27.9 Å². The maximum absolute atomic E-state index is 11.8. The zero-order valence-electron chi connectivity index (χ0n) is 21.1. The number of fused-ring (bicyclic) bond motifs is 2. The summed E-state index contributed by atoms with van der Waals surface area (Å²) >= 11 is 3.50. The maximum Gasteiger partial charge on any atom is 0.311 e. The molecule has 3 aromatic carbocycles. The Hall–Kier alpha value is -3.97. The van der Waals surface area contributed by atoms with Gasteiger partial charge in [-0.1, -0.05) is 66.2 Å². The van der Waals surface area contributed by atoms with Crippen molar-refractivity contribution in [2.75, 3.05) is 0 Å². The molecule has 1 aliphatic carbocycles. The van der Waals surface area contributed by atoms with Gasteiger partial charge in [0.25, 0.3) is 0 Å². The Kier molecular flexibility index (Phi) is 6.03. The number of benzene rings is 3. The fourth-order valence-corrected chi connectivity index (χ4v) is 5.31. The van der Waals surface area contributed by atoms with Gasteiger partial charge in [-0.3, -0.25) is 4.79 Å². The Morgan fingerprint density at radius 1 is 1.03 bits per heavy atom. The van der Waals surface area contributed by atoms with E-state index in [1.807, 2.05) is 80.6 Å². The summed E-state index contributed by atoms with van der Waals surface area (Å²) in [6, 6.07) is 26.1. The number of carboxylic acids is 1. The highest BCUT2D eigenvalue weighted by molar-refractivity contribution is 9.10. The molecule has 38 heavy (non-hydrogen) atoms. The van der Waals surface area contributed by atoms with Crippen LogP contribution in [0.4, 0.5) is 0 Å². The van der Waals surface area contributed by atoms with Crippen molar-refractivity contribution >= 4 is 49.9 Å². The van der Waals surface area contributed by atoms with Crippen molar-refractivity contribution < 1.29 is 14.6 Å². The molecule has 0 radical (unpaired) electrons. The van der Waals surface area contributed by atoms with Crippen molar-refractivity contribution in [3.05, 3.63) is 106 Å². The normalized spacial score (nSPS) is 17.2. The Balaban J connectivity index is 1.33. The first-order valence-corrected chi connectivity index (χ1v) is 13.3. The summed E-state index contributed by atoms with van der Waals surface area (Å²) in [5.74, 6) is 0.157. The Morgan fingerprint density at radius 2 is 1.82 bits per heavy atom. The van der Waals surface area contributed by atoms with Crippen LogP contribution in [-0.2, 0) is 17.9 Å². The quantitative estimate of drug-likeness (QED) is 0.227. The minimum Gasteiger partial charge on any atom is -0.487 e. The topological polar surface area (TPSA) is 77.2 Å². The van der Waals surface area contributed by atoms with Gasteiger partial charge in [0.2, 0.25) is 0 Å². The number of hydrogen-bond donors (Lipinski definition) is 1. The standard InChI is InChI=1S/C31H26BrN3O3/c1-31(2)24(29(31)30(36)37)16-28-34-26-15-23(38-18-22-12-9-20-5-3-4-6-25(20)33-22)13-14-27(26)35(28)17-19-7-10-21(32)11-8-19/h3-16,29H,17-18H2,1-2H3,(H,36,37). The van der Waals surface area contributed by atoms with Gasteiger partial charge in [-0.15, -0.1) is 0 Å². The van der Waals surface area contributed by atoms with Crippen molar-refractivity contribution in [3.8, 4) is 5.75 Å². The molecule has 1 N–H and O–H groups in total. The van der Waals surface area contributed by atoms with Gasteiger partial charge in [-0.25, -0.2) is 9.97 Å². The molecule has 0 saturated heterocycles. The lowest BCUT2D eigenvalue weighted by molar-refractivity contribution is -0.139. The van der Waals surface area contributed by atoms with E-state index in [1.54, 1.807) is 0 Å². The van der Waals surface area contributed by atoms with Crippen LogP contribution in [0.2, 0.25) is 0 Å². The van der Waals surface area contributed by atoms with Crippen molar-refractivity contribution in [1.82, 2.24) is 14.5 Å². The number of rotatable bonds is 7. The average Bonchev–Trinajstić information content (AvgIpc) is 3.29. The van der Waals surface area contributed by atoms with Gasteiger partial charge >= 0.3 is 5.97 Å². The second-order valence-electron chi connectivity index (χ2n) is 10.2. The van der Waals surface area contributed by atoms with E-state index in [0.29, 0.717) is 18.9 Å². The fourth-order valence-electron chi connectivity index (χ4n) is 5.04. The molecular weight excluding hydrogens is 542 g/mol. The first-order valence-electron chi connectivity index (χ1n) is 12.5. The van der Waals surface area contributed by atoms with Crippen LogP contribution in [0.25, 0.3) is 28.0 Å². The third-order valence-corrected chi connectivity index (χ3v) is 7.80. The Bertz CT molecular complexity index is 1720. The first-order chi connectivity index (χ1) is 18.3. The lowest BCUT2D eigenvalue weighted by Gasteiger charge is -2.09. The van der Waals surface area contributed by atoms with Crippen LogP contribution in [0, 0.1) is 11.3 Å². The monoisotopic (exact) mass is 567 g/mol. The van der Waals surface area contributed by atoms with Gasteiger partial charge in [-0.2, -0.15) is 0 Å². The van der Waals surface area contributed by atoms with Gasteiger partial charge in [0.1, 0.15) is 18.2 Å². The lowest BCUT2D eigenvalue weighted by atomic mass is 10.1. The molecule has 0 aliphatic heterocycles. The van der Waals surface area contributed by atoms with E-state index in [4.69, 9.17) is 14.7 Å². The lowest BCUT2D eigenvalue weighted by Crippen LogP contribution is -2.03. The molecule has 7 heteroatoms. The number of carboxylic acid groups (broad SMARTS) is 1. The van der Waals surface area contributed by atoms with Crippen LogP contribution in [-0.4, -0.2) is 25.6 Å². The molecule has 1 unspecified atom stereocenters. The second-order valence-corrected chi connectivity index (χ2v) is 11.1. The molecule has 0 amide bonds. The zero-order valence-corrected chi connectivity index (χ0v) is 22.6.